The van der Waals surface area contributed by atoms with E-state index in [2.05, 4.69) is 20.6 Å². The number of likely N-dealkylation sites (tertiary alicyclic amines) is 1. The Morgan fingerprint density at radius 1 is 1.30 bits per heavy atom. The second-order valence-corrected chi connectivity index (χ2v) is 8.63. The molecule has 2 aliphatic rings. The lowest BCUT2D eigenvalue weighted by molar-refractivity contribution is -0.129. The highest BCUT2D eigenvalue weighted by atomic mass is 16.3. The number of β-amino-alcohol motifs (C(OH)–C–C–N with tert-alkyl or cyclic N) is 1. The Morgan fingerprint density at radius 3 is 2.87 bits per heavy atom. The molecule has 2 N–H and O–H groups in total. The van der Waals surface area contributed by atoms with Crippen molar-refractivity contribution < 1.29 is 9.90 Å². The van der Waals surface area contributed by atoms with Crippen LogP contribution in [0.3, 0.4) is 0 Å². The minimum absolute atomic E-state index is 0.0135. The number of pyridine rings is 1. The molecule has 0 spiro atoms. The maximum Gasteiger partial charge on any atom is 0.230 e. The lowest BCUT2D eigenvalue weighted by Crippen LogP contribution is -2.32. The first-order chi connectivity index (χ1) is 14.6. The standard InChI is InChI=1S/C22H26N6O2/c23-8-5-14-1-3-15(4-2-14)28-19(11-20(30)27-10-7-16(29)13-27)26-18-12-25-22-17(21(18)28)6-9-24-22/h6,9,12,14-16,29H,1-5,7,10-11,13H2,(H,24,25)/t14-,15-,16-/m0/s1. The summed E-state index contributed by atoms with van der Waals surface area (Å²) < 4.78 is 2.26. The number of nitriles is 1. The van der Waals surface area contributed by atoms with Crippen molar-refractivity contribution in [3.63, 3.8) is 0 Å². The van der Waals surface area contributed by atoms with E-state index in [1.165, 1.54) is 0 Å². The molecule has 0 radical (unpaired) electrons. The molecule has 0 aromatic carbocycles. The van der Waals surface area contributed by atoms with Gasteiger partial charge in [0.2, 0.25) is 5.91 Å². The molecule has 0 unspecified atom stereocenters. The Bertz CT molecular complexity index is 1120. The summed E-state index contributed by atoms with van der Waals surface area (Å²) in [6.07, 6.45) is 8.72. The molecular weight excluding hydrogens is 380 g/mol. The van der Waals surface area contributed by atoms with E-state index in [1.54, 1.807) is 11.1 Å². The zero-order valence-corrected chi connectivity index (χ0v) is 16.9. The van der Waals surface area contributed by atoms with Gasteiger partial charge in [-0.05, 0) is 44.1 Å². The number of amides is 1. The number of aromatic amines is 1. The van der Waals surface area contributed by atoms with Gasteiger partial charge in [0, 0.05) is 37.1 Å². The number of nitrogens with one attached hydrogen (secondary N) is 1. The molecule has 4 heterocycles. The Hall–Kier alpha value is -2.92. The first-order valence-corrected chi connectivity index (χ1v) is 10.8. The summed E-state index contributed by atoms with van der Waals surface area (Å²) in [6.45, 7) is 1.01. The van der Waals surface area contributed by atoms with Crippen molar-refractivity contribution >= 4 is 28.0 Å². The number of nitrogens with zero attached hydrogens (tertiary/aromatic N) is 5. The first kappa shape index (κ1) is 19.1. The van der Waals surface area contributed by atoms with Gasteiger partial charge in [-0.3, -0.25) is 4.79 Å². The molecule has 5 rings (SSSR count). The van der Waals surface area contributed by atoms with E-state index in [9.17, 15) is 9.90 Å². The van der Waals surface area contributed by atoms with Gasteiger partial charge in [-0.2, -0.15) is 5.26 Å². The molecular formula is C22H26N6O2. The second kappa shape index (κ2) is 7.73. The fraction of sp³-hybridized carbons (Fsp3) is 0.545. The smallest absolute Gasteiger partial charge is 0.230 e. The Labute approximate surface area is 174 Å². The first-order valence-electron chi connectivity index (χ1n) is 10.8. The van der Waals surface area contributed by atoms with Crippen LogP contribution >= 0.6 is 0 Å². The zero-order chi connectivity index (χ0) is 20.7. The molecule has 2 fully saturated rings. The van der Waals surface area contributed by atoms with Crippen molar-refractivity contribution in [2.24, 2.45) is 5.92 Å². The van der Waals surface area contributed by atoms with Crippen LogP contribution in [0.1, 0.15) is 50.4 Å². The molecule has 1 saturated carbocycles. The van der Waals surface area contributed by atoms with Crippen molar-refractivity contribution in [3.8, 4) is 6.07 Å². The zero-order valence-electron chi connectivity index (χ0n) is 16.9. The van der Waals surface area contributed by atoms with E-state index >= 15 is 0 Å². The molecule has 8 heteroatoms. The van der Waals surface area contributed by atoms with Gasteiger partial charge in [0.15, 0.2) is 0 Å². The highest BCUT2D eigenvalue weighted by molar-refractivity contribution is 6.01. The van der Waals surface area contributed by atoms with Crippen molar-refractivity contribution in [1.29, 1.82) is 5.26 Å². The molecule has 0 bridgehead atoms. The summed E-state index contributed by atoms with van der Waals surface area (Å²) in [6, 6.07) is 4.59. The number of fused-ring (bicyclic) bond motifs is 3. The third-order valence-corrected chi connectivity index (χ3v) is 6.69. The number of carbonyl (C=O) groups is 1. The number of H-pyrrole nitrogens is 1. The Balaban J connectivity index is 1.52. The summed E-state index contributed by atoms with van der Waals surface area (Å²) in [5, 5.41) is 19.9. The van der Waals surface area contributed by atoms with E-state index in [0.717, 1.165) is 53.6 Å². The third kappa shape index (κ3) is 3.33. The summed E-state index contributed by atoms with van der Waals surface area (Å²) in [5.41, 5.74) is 2.67. The topological polar surface area (TPSA) is 111 Å². The van der Waals surface area contributed by atoms with Gasteiger partial charge >= 0.3 is 0 Å². The lowest BCUT2D eigenvalue weighted by atomic mass is 9.84. The minimum atomic E-state index is -0.424. The van der Waals surface area contributed by atoms with Crippen LogP contribution in [0, 0.1) is 17.2 Å². The molecule has 1 amide bonds. The van der Waals surface area contributed by atoms with Crippen LogP contribution in [0.25, 0.3) is 22.1 Å². The van der Waals surface area contributed by atoms with E-state index < -0.39 is 6.10 Å². The number of aliphatic hydroxyl groups excluding tert-OH is 1. The number of rotatable bonds is 4. The Kier molecular flexibility index (Phi) is 4.91. The molecule has 3 aromatic rings. The van der Waals surface area contributed by atoms with Gasteiger partial charge in [0.25, 0.3) is 0 Å². The third-order valence-electron chi connectivity index (χ3n) is 6.69. The van der Waals surface area contributed by atoms with Gasteiger partial charge in [-0.1, -0.05) is 0 Å². The van der Waals surface area contributed by atoms with Crippen molar-refractivity contribution in [2.75, 3.05) is 13.1 Å². The van der Waals surface area contributed by atoms with Gasteiger partial charge in [-0.25, -0.2) is 9.97 Å². The fourth-order valence-corrected chi connectivity index (χ4v) is 5.11. The van der Waals surface area contributed by atoms with Crippen LogP contribution in [0.5, 0.6) is 0 Å². The quantitative estimate of drug-likeness (QED) is 0.692. The van der Waals surface area contributed by atoms with Crippen molar-refractivity contribution in [2.45, 2.75) is 57.1 Å². The van der Waals surface area contributed by atoms with Gasteiger partial charge in [-0.15, -0.1) is 0 Å². The van der Waals surface area contributed by atoms with E-state index in [4.69, 9.17) is 10.2 Å². The average Bonchev–Trinajstić information content (AvgIpc) is 3.46. The van der Waals surface area contributed by atoms with Crippen LogP contribution in [0.15, 0.2) is 18.5 Å². The SMILES string of the molecule is N#CC[C@H]1CC[C@H](n2c(CC(=O)N3CC[C@H](O)C3)nc3cnc4[nH]ccc4c32)CC1. The van der Waals surface area contributed by atoms with Gasteiger partial charge in [0.1, 0.15) is 17.0 Å². The van der Waals surface area contributed by atoms with E-state index in [-0.39, 0.29) is 18.4 Å². The number of imidazole rings is 1. The molecule has 8 nitrogen and oxygen atoms in total. The minimum Gasteiger partial charge on any atom is -0.391 e. The Morgan fingerprint density at radius 2 is 2.13 bits per heavy atom. The maximum absolute atomic E-state index is 12.9. The molecule has 1 aliphatic heterocycles. The van der Waals surface area contributed by atoms with E-state index in [0.29, 0.717) is 31.8 Å². The predicted octanol–water partition coefficient (Wildman–Crippen LogP) is 2.69. The molecule has 1 saturated heterocycles. The van der Waals surface area contributed by atoms with Crippen LogP contribution < -0.4 is 0 Å². The number of hydrogen-bond acceptors (Lipinski definition) is 5. The second-order valence-electron chi connectivity index (χ2n) is 8.63. The summed E-state index contributed by atoms with van der Waals surface area (Å²) in [4.78, 5) is 27.1. The van der Waals surface area contributed by atoms with Crippen molar-refractivity contribution in [3.05, 3.63) is 24.3 Å². The molecule has 1 atom stereocenters. The molecule has 30 heavy (non-hydrogen) atoms. The van der Waals surface area contributed by atoms with Crippen LogP contribution in [0.4, 0.5) is 0 Å². The summed E-state index contributed by atoms with van der Waals surface area (Å²) in [7, 11) is 0. The normalized spacial score (nSPS) is 24.5. The maximum atomic E-state index is 12.9. The summed E-state index contributed by atoms with van der Waals surface area (Å²) in [5.74, 6) is 1.25. The average molecular weight is 406 g/mol. The number of hydrogen-bond donors (Lipinski definition) is 2. The number of carbonyl (C=O) groups excluding carboxylic acids is 1. The molecule has 156 valence electrons. The highest BCUT2D eigenvalue weighted by Gasteiger charge is 2.30. The predicted molar refractivity (Wildman–Crippen MR) is 112 cm³/mol. The molecule has 1 aliphatic carbocycles. The van der Waals surface area contributed by atoms with Gasteiger partial charge < -0.3 is 19.6 Å². The number of aromatic nitrogens is 4. The number of aliphatic hydroxyl groups is 1. The monoisotopic (exact) mass is 406 g/mol. The van der Waals surface area contributed by atoms with Crippen molar-refractivity contribution in [1.82, 2.24) is 24.4 Å². The van der Waals surface area contributed by atoms with E-state index in [1.807, 2.05) is 12.3 Å². The fourth-order valence-electron chi connectivity index (χ4n) is 5.11. The van der Waals surface area contributed by atoms with Crippen LogP contribution in [-0.4, -0.2) is 54.6 Å². The largest absolute Gasteiger partial charge is 0.391 e. The van der Waals surface area contributed by atoms with Gasteiger partial charge in [0.05, 0.1) is 30.3 Å². The lowest BCUT2D eigenvalue weighted by Gasteiger charge is -2.30. The summed E-state index contributed by atoms with van der Waals surface area (Å²) >= 11 is 0. The van der Waals surface area contributed by atoms with Crippen LogP contribution in [0.2, 0.25) is 0 Å². The molecule has 3 aromatic heterocycles. The highest BCUT2D eigenvalue weighted by Crippen LogP contribution is 2.38. The van der Waals surface area contributed by atoms with Crippen LogP contribution in [-0.2, 0) is 11.2 Å².